The molecule has 1 aromatic carbocycles. The molecule has 1 aliphatic heterocycles. The minimum absolute atomic E-state index is 0.0105. The zero-order chi connectivity index (χ0) is 39.5. The van der Waals surface area contributed by atoms with Gasteiger partial charge in [-0.15, -0.1) is 0 Å². The largest absolute Gasteiger partial charge is 0.379 e. The molecule has 0 saturated carbocycles. The number of rotatable bonds is 21. The molecule has 13 heteroatoms. The van der Waals surface area contributed by atoms with Gasteiger partial charge in [0.1, 0.15) is 0 Å². The monoisotopic (exact) mass is 750 g/mol. The van der Waals surface area contributed by atoms with E-state index in [9.17, 15) is 27.6 Å². The van der Waals surface area contributed by atoms with E-state index in [4.69, 9.17) is 9.47 Å². The lowest BCUT2D eigenvalue weighted by molar-refractivity contribution is -0.149. The molecule has 1 aliphatic rings. The highest BCUT2D eigenvalue weighted by Gasteiger charge is 2.43. The number of Topliss-reactive ketones (excluding diaryl/α,β-unsaturated/α-hetero) is 1. The molecule has 0 aromatic heterocycles. The number of benzene rings is 1. The van der Waals surface area contributed by atoms with Crippen LogP contribution in [0, 0.1) is 29.6 Å². The number of sulfonamides is 1. The number of ketones is 1. The van der Waals surface area contributed by atoms with E-state index < -0.39 is 52.1 Å². The van der Waals surface area contributed by atoms with Crippen molar-refractivity contribution in [3.8, 4) is 0 Å². The summed E-state index contributed by atoms with van der Waals surface area (Å²) in [6.07, 6.45) is 0.720. The van der Waals surface area contributed by atoms with Crippen molar-refractivity contribution in [1.82, 2.24) is 19.4 Å². The van der Waals surface area contributed by atoms with E-state index in [1.54, 1.807) is 61.2 Å². The highest BCUT2D eigenvalue weighted by Crippen LogP contribution is 2.31. The Morgan fingerprint density at radius 3 is 2.04 bits per heavy atom. The summed E-state index contributed by atoms with van der Waals surface area (Å²) in [5.74, 6) is -2.77. The van der Waals surface area contributed by atoms with Gasteiger partial charge < -0.3 is 19.3 Å². The number of hydrogen-bond acceptors (Lipinski definition) is 9. The maximum Gasteiger partial charge on any atom is 0.239 e. The normalized spacial score (nSPS) is 19.2. The second-order valence-corrected chi connectivity index (χ2v) is 17.2. The van der Waals surface area contributed by atoms with Gasteiger partial charge in [0.05, 0.1) is 48.4 Å². The Balaban J connectivity index is 2.27. The Labute approximate surface area is 313 Å². The van der Waals surface area contributed by atoms with Crippen molar-refractivity contribution >= 4 is 33.5 Å². The van der Waals surface area contributed by atoms with E-state index in [1.807, 2.05) is 60.5 Å². The van der Waals surface area contributed by atoms with Crippen LogP contribution in [-0.4, -0.2) is 119 Å². The van der Waals surface area contributed by atoms with Crippen molar-refractivity contribution in [1.29, 1.82) is 0 Å². The summed E-state index contributed by atoms with van der Waals surface area (Å²) >= 11 is 0. The second kappa shape index (κ2) is 20.5. The van der Waals surface area contributed by atoms with E-state index >= 15 is 0 Å². The Morgan fingerprint density at radius 1 is 0.923 bits per heavy atom. The first-order valence-electron chi connectivity index (χ1n) is 18.7. The molecule has 296 valence electrons. The van der Waals surface area contributed by atoms with Crippen LogP contribution in [0.2, 0.25) is 0 Å². The van der Waals surface area contributed by atoms with E-state index in [0.29, 0.717) is 24.9 Å². The van der Waals surface area contributed by atoms with Gasteiger partial charge in [-0.05, 0) is 50.3 Å². The maximum atomic E-state index is 14.2. The van der Waals surface area contributed by atoms with Gasteiger partial charge in [0.25, 0.3) is 0 Å². The molecule has 0 spiro atoms. The Bertz CT molecular complexity index is 1410. The first-order valence-corrected chi connectivity index (χ1v) is 20.4. The molecule has 52 heavy (non-hydrogen) atoms. The summed E-state index contributed by atoms with van der Waals surface area (Å²) < 4.78 is 39.7. The number of methoxy groups -OCH3 is 2. The van der Waals surface area contributed by atoms with Crippen molar-refractivity contribution in [3.63, 3.8) is 0 Å². The van der Waals surface area contributed by atoms with Crippen LogP contribution in [0.4, 0.5) is 0 Å². The number of carbonyl (C=O) groups is 4. The van der Waals surface area contributed by atoms with Crippen molar-refractivity contribution in [3.05, 3.63) is 35.9 Å². The van der Waals surface area contributed by atoms with Crippen molar-refractivity contribution in [2.75, 3.05) is 41.9 Å². The predicted octanol–water partition coefficient (Wildman–Crippen LogP) is 4.37. The number of likely N-dealkylation sites (N-methyl/N-ethyl adjacent to an activating group) is 2. The lowest BCUT2D eigenvalue weighted by Gasteiger charge is -2.41. The van der Waals surface area contributed by atoms with Crippen molar-refractivity contribution < 1.29 is 37.1 Å². The van der Waals surface area contributed by atoms with Crippen LogP contribution in [0.3, 0.4) is 0 Å². The first kappa shape index (κ1) is 45.3. The summed E-state index contributed by atoms with van der Waals surface area (Å²) in [5, 5.41) is 0. The average molecular weight is 751 g/mol. The molecule has 3 amide bonds. The fourth-order valence-electron chi connectivity index (χ4n) is 7.85. The van der Waals surface area contributed by atoms with Gasteiger partial charge in [-0.1, -0.05) is 85.2 Å². The molecule has 0 radical (unpaired) electrons. The third-order valence-electron chi connectivity index (χ3n) is 10.8. The number of ether oxygens (including phenoxy) is 2. The first-order chi connectivity index (χ1) is 24.3. The van der Waals surface area contributed by atoms with Crippen molar-refractivity contribution in [2.24, 2.45) is 29.6 Å². The lowest BCUT2D eigenvalue weighted by Crippen LogP contribution is -2.54. The quantitative estimate of drug-likeness (QED) is 0.194. The molecule has 1 heterocycles. The van der Waals surface area contributed by atoms with Crippen LogP contribution in [0.25, 0.3) is 0 Å². The zero-order valence-corrected chi connectivity index (χ0v) is 34.4. The number of nitrogens with zero attached hydrogens (tertiary/aromatic N) is 3. The summed E-state index contributed by atoms with van der Waals surface area (Å²) in [5.41, 5.74) is 0.555. The fourth-order valence-corrected chi connectivity index (χ4v) is 9.04. The summed E-state index contributed by atoms with van der Waals surface area (Å²) in [4.78, 5) is 60.4. The van der Waals surface area contributed by atoms with Crippen LogP contribution >= 0.6 is 0 Å². The highest BCUT2D eigenvalue weighted by molar-refractivity contribution is 7.89. The molecule has 8 atom stereocenters. The van der Waals surface area contributed by atoms with E-state index in [-0.39, 0.29) is 60.0 Å². The van der Waals surface area contributed by atoms with Crippen LogP contribution in [0.1, 0.15) is 86.1 Å². The zero-order valence-electron chi connectivity index (χ0n) is 33.6. The number of carbonyl (C=O) groups excluding carboxylic acids is 4. The molecule has 1 N–H and O–H groups in total. The molecular formula is C39H66N4O8S. The number of amides is 3. The summed E-state index contributed by atoms with van der Waals surface area (Å²) in [6, 6.07) is 7.40. The Hall–Kier alpha value is -2.87. The topological polar surface area (TPSA) is 143 Å². The summed E-state index contributed by atoms with van der Waals surface area (Å²) in [6.45, 7) is 14.1. The number of likely N-dealkylation sites (tertiary alicyclic amines) is 1. The van der Waals surface area contributed by atoms with Gasteiger partial charge in [0.2, 0.25) is 27.7 Å². The summed E-state index contributed by atoms with van der Waals surface area (Å²) in [7, 11) is 4.55. The van der Waals surface area contributed by atoms with Gasteiger partial charge in [0.15, 0.2) is 5.78 Å². The number of hydrogen-bond donors (Lipinski definition) is 1. The Morgan fingerprint density at radius 2 is 1.54 bits per heavy atom. The molecule has 0 aliphatic carbocycles. The third-order valence-corrected chi connectivity index (χ3v) is 12.0. The maximum absolute atomic E-state index is 14.2. The average Bonchev–Trinajstić information content (AvgIpc) is 3.55. The smallest absolute Gasteiger partial charge is 0.239 e. The van der Waals surface area contributed by atoms with E-state index in [1.165, 1.54) is 7.11 Å². The second-order valence-electron chi connectivity index (χ2n) is 15.5. The van der Waals surface area contributed by atoms with Gasteiger partial charge in [-0.25, -0.2) is 8.42 Å². The van der Waals surface area contributed by atoms with E-state index in [2.05, 4.69) is 4.72 Å². The third kappa shape index (κ3) is 12.1. The molecule has 0 unspecified atom stereocenters. The minimum atomic E-state index is -3.96. The lowest BCUT2D eigenvalue weighted by atomic mass is 9.83. The van der Waals surface area contributed by atoms with Gasteiger partial charge >= 0.3 is 0 Å². The van der Waals surface area contributed by atoms with Gasteiger partial charge in [-0.2, -0.15) is 0 Å². The van der Waals surface area contributed by atoms with Gasteiger partial charge in [0, 0.05) is 40.2 Å². The predicted molar refractivity (Wildman–Crippen MR) is 204 cm³/mol. The van der Waals surface area contributed by atoms with E-state index in [0.717, 1.165) is 6.42 Å². The minimum Gasteiger partial charge on any atom is -0.379 e. The number of nitrogens with one attached hydrogen (secondary N) is 1. The molecule has 12 nitrogen and oxygen atoms in total. The SMILES string of the molecule is CC[C@H](C)[C@@H]([C@@H](CC(=O)N1CCC[C@H]1[C@H](OC)[C@@H](C)C(=O)NS(=O)(=O)Cc1ccccc1)OC)N(C)C(=O)[C@@H](CC(=O)[C@H](C(C)C)N(C)C)C(C)C. The highest BCUT2D eigenvalue weighted by atomic mass is 32.2. The molecular weight excluding hydrogens is 685 g/mol. The van der Waals surface area contributed by atoms with Gasteiger partial charge in [-0.3, -0.25) is 28.8 Å². The molecule has 2 rings (SSSR count). The molecule has 1 fully saturated rings. The van der Waals surface area contributed by atoms with Crippen molar-refractivity contribution in [2.45, 2.75) is 117 Å². The molecule has 1 aromatic rings. The Kier molecular flexibility index (Phi) is 17.9. The standard InChI is InChI=1S/C39H66N4O8S/c1-13-27(6)36(42(10)39(47)30(25(2)3)22-32(44)35(26(4)5)41(8)9)33(50-11)23-34(45)43-21-17-20-31(43)37(51-12)28(7)38(46)40-52(48,49)24-29-18-15-14-16-19-29/h14-16,18-19,25-28,30-31,33,35-37H,13,17,20-24H2,1-12H3,(H,40,46)/t27-,28+,30-,31-,33+,35-,36-,37+/m0/s1. The van der Waals surface area contributed by atoms with Crippen LogP contribution < -0.4 is 4.72 Å². The fraction of sp³-hybridized carbons (Fsp3) is 0.744. The molecule has 0 bridgehead atoms. The van der Waals surface area contributed by atoms with Crippen LogP contribution in [0.15, 0.2) is 30.3 Å². The van der Waals surface area contributed by atoms with Crippen LogP contribution in [0.5, 0.6) is 0 Å². The molecule has 1 saturated heterocycles. The van der Waals surface area contributed by atoms with Crippen LogP contribution in [-0.2, 0) is 44.4 Å².